The van der Waals surface area contributed by atoms with Crippen LogP contribution in [0.15, 0.2) is 77.6 Å². The van der Waals surface area contributed by atoms with E-state index in [1.54, 1.807) is 6.07 Å². The third kappa shape index (κ3) is 3.65. The molecular formula is C24H23N3O2. The van der Waals surface area contributed by atoms with Crippen molar-refractivity contribution in [1.82, 2.24) is 9.55 Å². The van der Waals surface area contributed by atoms with E-state index in [1.807, 2.05) is 85.1 Å². The van der Waals surface area contributed by atoms with Gasteiger partial charge < -0.3 is 10.4 Å². The Balaban J connectivity index is 2.07. The van der Waals surface area contributed by atoms with Crippen molar-refractivity contribution in [3.63, 3.8) is 0 Å². The van der Waals surface area contributed by atoms with Gasteiger partial charge in [0.05, 0.1) is 22.7 Å². The summed E-state index contributed by atoms with van der Waals surface area (Å²) < 4.78 is 2.00. The van der Waals surface area contributed by atoms with Crippen molar-refractivity contribution in [2.24, 2.45) is 0 Å². The lowest BCUT2D eigenvalue weighted by Gasteiger charge is -2.20. The Kier molecular flexibility index (Phi) is 5.14. The van der Waals surface area contributed by atoms with Gasteiger partial charge in [-0.25, -0.2) is 0 Å². The summed E-state index contributed by atoms with van der Waals surface area (Å²) in [5.74, 6) is 0.655. The molecule has 29 heavy (non-hydrogen) atoms. The van der Waals surface area contributed by atoms with Gasteiger partial charge in [0.1, 0.15) is 5.82 Å². The molecule has 0 aliphatic rings. The van der Waals surface area contributed by atoms with Crippen LogP contribution in [0, 0.1) is 6.92 Å². The Bertz CT molecular complexity index is 1200. The van der Waals surface area contributed by atoms with E-state index in [1.165, 1.54) is 0 Å². The van der Waals surface area contributed by atoms with E-state index in [2.05, 4.69) is 10.3 Å². The maximum atomic E-state index is 13.1. The molecule has 0 saturated carbocycles. The largest absolute Gasteiger partial charge is 0.387 e. The van der Waals surface area contributed by atoms with E-state index in [9.17, 15) is 9.90 Å². The SMILES string of the molecule is CCC(O)c1nc(C)cc2c1c(=O)cc(Nc1ccccc1)n2-c1ccccc1. The van der Waals surface area contributed by atoms with Crippen molar-refractivity contribution in [3.8, 4) is 5.69 Å². The van der Waals surface area contributed by atoms with Gasteiger partial charge in [0.15, 0.2) is 5.43 Å². The summed E-state index contributed by atoms with van der Waals surface area (Å²) in [5, 5.41) is 14.3. The molecule has 2 N–H and O–H groups in total. The molecule has 0 aliphatic carbocycles. The average Bonchev–Trinajstić information content (AvgIpc) is 2.74. The second-order valence-electron chi connectivity index (χ2n) is 7.02. The van der Waals surface area contributed by atoms with Crippen LogP contribution in [-0.2, 0) is 0 Å². The van der Waals surface area contributed by atoms with Gasteiger partial charge in [-0.2, -0.15) is 0 Å². The molecule has 146 valence electrons. The molecule has 0 amide bonds. The molecule has 5 nitrogen and oxygen atoms in total. The number of para-hydroxylation sites is 2. The molecule has 0 bridgehead atoms. The molecule has 4 aromatic rings. The summed E-state index contributed by atoms with van der Waals surface area (Å²) in [6, 6.07) is 23.1. The Morgan fingerprint density at radius 1 is 1.03 bits per heavy atom. The molecule has 0 radical (unpaired) electrons. The second kappa shape index (κ2) is 7.89. The fourth-order valence-electron chi connectivity index (χ4n) is 3.55. The Labute approximate surface area is 169 Å². The van der Waals surface area contributed by atoms with Crippen LogP contribution in [-0.4, -0.2) is 14.7 Å². The number of nitrogens with one attached hydrogen (secondary N) is 1. The van der Waals surface area contributed by atoms with Gasteiger partial charge in [-0.05, 0) is 43.7 Å². The van der Waals surface area contributed by atoms with Crippen molar-refractivity contribution in [1.29, 1.82) is 0 Å². The van der Waals surface area contributed by atoms with Crippen LogP contribution in [0.4, 0.5) is 11.5 Å². The molecular weight excluding hydrogens is 362 g/mol. The number of pyridine rings is 2. The van der Waals surface area contributed by atoms with Crippen molar-refractivity contribution in [2.75, 3.05) is 5.32 Å². The first-order valence-corrected chi connectivity index (χ1v) is 9.71. The number of aromatic nitrogens is 2. The van der Waals surface area contributed by atoms with Crippen LogP contribution < -0.4 is 10.7 Å². The quantitative estimate of drug-likeness (QED) is 0.514. The van der Waals surface area contributed by atoms with Crippen LogP contribution in [0.1, 0.15) is 30.8 Å². The van der Waals surface area contributed by atoms with Crippen LogP contribution in [0.2, 0.25) is 0 Å². The van der Waals surface area contributed by atoms with Crippen molar-refractivity contribution in [3.05, 3.63) is 94.4 Å². The smallest absolute Gasteiger partial charge is 0.193 e. The second-order valence-corrected chi connectivity index (χ2v) is 7.02. The predicted octanol–water partition coefficient (Wildman–Crippen LogP) is 4.88. The Morgan fingerprint density at radius 3 is 2.34 bits per heavy atom. The molecule has 0 saturated heterocycles. The van der Waals surface area contributed by atoms with Gasteiger partial charge in [0.25, 0.3) is 0 Å². The molecule has 5 heteroatoms. The summed E-state index contributed by atoms with van der Waals surface area (Å²) in [5.41, 5.74) is 3.54. The number of hydrogen-bond donors (Lipinski definition) is 2. The maximum absolute atomic E-state index is 13.1. The highest BCUT2D eigenvalue weighted by Gasteiger charge is 2.19. The zero-order chi connectivity index (χ0) is 20.4. The molecule has 2 aromatic heterocycles. The first-order chi connectivity index (χ1) is 14.1. The standard InChI is InChI=1S/C24H23N3O2/c1-3-20(28)24-23-19(14-16(2)25-24)27(18-12-8-5-9-13-18)22(15-21(23)29)26-17-10-6-4-7-11-17/h4-15,20,26,28H,3H2,1-2H3. The summed E-state index contributed by atoms with van der Waals surface area (Å²) >= 11 is 0. The van der Waals surface area contributed by atoms with Gasteiger partial charge in [0, 0.05) is 23.1 Å². The molecule has 2 heterocycles. The van der Waals surface area contributed by atoms with Gasteiger partial charge in [-0.3, -0.25) is 14.3 Å². The van der Waals surface area contributed by atoms with Gasteiger partial charge in [-0.1, -0.05) is 43.3 Å². The minimum atomic E-state index is -0.790. The lowest BCUT2D eigenvalue weighted by Crippen LogP contribution is -2.16. The zero-order valence-electron chi connectivity index (χ0n) is 16.5. The number of rotatable bonds is 5. The van der Waals surface area contributed by atoms with E-state index >= 15 is 0 Å². The summed E-state index contributed by atoms with van der Waals surface area (Å²) in [7, 11) is 0. The number of fused-ring (bicyclic) bond motifs is 1. The highest BCUT2D eigenvalue weighted by Crippen LogP contribution is 2.29. The third-order valence-electron chi connectivity index (χ3n) is 4.91. The number of anilines is 2. The molecule has 0 fully saturated rings. The Morgan fingerprint density at radius 2 is 1.69 bits per heavy atom. The van der Waals surface area contributed by atoms with Crippen LogP contribution >= 0.6 is 0 Å². The van der Waals surface area contributed by atoms with Gasteiger partial charge in [0.2, 0.25) is 0 Å². The van der Waals surface area contributed by atoms with E-state index in [-0.39, 0.29) is 5.43 Å². The lowest BCUT2D eigenvalue weighted by atomic mass is 10.1. The molecule has 2 aromatic carbocycles. The first kappa shape index (κ1) is 18.9. The van der Waals surface area contributed by atoms with Crippen molar-refractivity contribution >= 4 is 22.4 Å². The summed E-state index contributed by atoms with van der Waals surface area (Å²) in [4.78, 5) is 17.6. The lowest BCUT2D eigenvalue weighted by molar-refractivity contribution is 0.170. The first-order valence-electron chi connectivity index (χ1n) is 9.71. The number of nitrogens with zero attached hydrogens (tertiary/aromatic N) is 2. The predicted molar refractivity (Wildman–Crippen MR) is 117 cm³/mol. The highest BCUT2D eigenvalue weighted by atomic mass is 16.3. The molecule has 4 rings (SSSR count). The molecule has 1 unspecified atom stereocenters. The Hall–Kier alpha value is -3.44. The monoisotopic (exact) mass is 385 g/mol. The number of aliphatic hydroxyl groups is 1. The topological polar surface area (TPSA) is 67.2 Å². The minimum Gasteiger partial charge on any atom is -0.387 e. The van der Waals surface area contributed by atoms with E-state index in [0.717, 1.165) is 22.6 Å². The third-order valence-corrected chi connectivity index (χ3v) is 4.91. The minimum absolute atomic E-state index is 0.166. The van der Waals surface area contributed by atoms with Gasteiger partial charge >= 0.3 is 0 Å². The zero-order valence-corrected chi connectivity index (χ0v) is 16.5. The number of benzene rings is 2. The van der Waals surface area contributed by atoms with E-state index in [0.29, 0.717) is 23.3 Å². The van der Waals surface area contributed by atoms with Gasteiger partial charge in [-0.15, -0.1) is 0 Å². The molecule has 1 atom stereocenters. The highest BCUT2D eigenvalue weighted by molar-refractivity contribution is 5.86. The van der Waals surface area contributed by atoms with Crippen molar-refractivity contribution in [2.45, 2.75) is 26.4 Å². The molecule has 0 aliphatic heterocycles. The van der Waals surface area contributed by atoms with Crippen LogP contribution in [0.3, 0.4) is 0 Å². The summed E-state index contributed by atoms with van der Waals surface area (Å²) in [6.45, 7) is 3.75. The summed E-state index contributed by atoms with van der Waals surface area (Å²) in [6.07, 6.45) is -0.303. The van der Waals surface area contributed by atoms with Crippen LogP contribution in [0.5, 0.6) is 0 Å². The fraction of sp³-hybridized carbons (Fsp3) is 0.167. The average molecular weight is 385 g/mol. The van der Waals surface area contributed by atoms with Crippen molar-refractivity contribution < 1.29 is 5.11 Å². The van der Waals surface area contributed by atoms with E-state index in [4.69, 9.17) is 0 Å². The maximum Gasteiger partial charge on any atom is 0.193 e. The number of aryl methyl sites for hydroxylation is 1. The van der Waals surface area contributed by atoms with E-state index < -0.39 is 6.10 Å². The number of aliphatic hydroxyl groups excluding tert-OH is 1. The number of hydrogen-bond acceptors (Lipinski definition) is 4. The molecule has 0 spiro atoms. The fourth-order valence-corrected chi connectivity index (χ4v) is 3.55. The van der Waals surface area contributed by atoms with Crippen LogP contribution in [0.25, 0.3) is 16.6 Å². The normalized spacial score (nSPS) is 12.1.